The van der Waals surface area contributed by atoms with E-state index in [0.717, 1.165) is 17.4 Å². The summed E-state index contributed by atoms with van der Waals surface area (Å²) in [5.41, 5.74) is 1.21. The van der Waals surface area contributed by atoms with E-state index in [1.165, 1.54) is 23.9 Å². The van der Waals surface area contributed by atoms with Crippen LogP contribution in [0.1, 0.15) is 12.7 Å². The van der Waals surface area contributed by atoms with Crippen LogP contribution in [0.15, 0.2) is 40.1 Å². The van der Waals surface area contributed by atoms with Gasteiger partial charge < -0.3 is 14.3 Å². The van der Waals surface area contributed by atoms with Gasteiger partial charge >= 0.3 is 0 Å². The summed E-state index contributed by atoms with van der Waals surface area (Å²) < 4.78 is 20.2. The van der Waals surface area contributed by atoms with Gasteiger partial charge in [0.25, 0.3) is 0 Å². The second-order valence-electron chi connectivity index (χ2n) is 5.63. The Kier molecular flexibility index (Phi) is 5.33. The number of hydrogen-bond acceptors (Lipinski definition) is 5. The van der Waals surface area contributed by atoms with Gasteiger partial charge in [0.2, 0.25) is 5.91 Å². The Morgan fingerprint density at radius 2 is 2.15 bits per heavy atom. The van der Waals surface area contributed by atoms with E-state index in [-0.39, 0.29) is 10.9 Å². The molecule has 0 saturated carbocycles. The van der Waals surface area contributed by atoms with Crippen molar-refractivity contribution in [2.75, 3.05) is 5.32 Å². The highest BCUT2D eigenvalue weighted by Crippen LogP contribution is 2.29. The molecular weight excluding hydrogens is 379 g/mol. The molecule has 2 heterocycles. The summed E-state index contributed by atoms with van der Waals surface area (Å²) in [5.74, 6) is 0.672. The van der Waals surface area contributed by atoms with Crippen molar-refractivity contribution in [3.05, 3.63) is 47.1 Å². The SMILES string of the molecule is Cc1occc1-c1nnc(S[C@@H](C)C(=O)Nc2ccc(F)cc2Cl)n1C. The molecular formula is C17H16ClFN4O2S. The van der Waals surface area contributed by atoms with Crippen molar-refractivity contribution in [3.8, 4) is 11.4 Å². The van der Waals surface area contributed by atoms with E-state index in [1.54, 1.807) is 17.8 Å². The molecule has 9 heteroatoms. The fourth-order valence-electron chi connectivity index (χ4n) is 2.31. The van der Waals surface area contributed by atoms with Crippen molar-refractivity contribution in [1.29, 1.82) is 0 Å². The van der Waals surface area contributed by atoms with E-state index in [0.29, 0.717) is 16.7 Å². The average Bonchev–Trinajstić information content (AvgIpc) is 3.16. The van der Waals surface area contributed by atoms with Gasteiger partial charge in [0.05, 0.1) is 27.8 Å². The summed E-state index contributed by atoms with van der Waals surface area (Å²) in [5, 5.41) is 11.3. The Morgan fingerprint density at radius 3 is 2.81 bits per heavy atom. The molecule has 0 bridgehead atoms. The first-order chi connectivity index (χ1) is 12.4. The fraction of sp³-hybridized carbons (Fsp3) is 0.235. The first-order valence-corrected chi connectivity index (χ1v) is 8.99. The molecule has 1 atom stereocenters. The van der Waals surface area contributed by atoms with Crippen LogP contribution >= 0.6 is 23.4 Å². The first kappa shape index (κ1) is 18.5. The lowest BCUT2D eigenvalue weighted by atomic mass is 10.2. The van der Waals surface area contributed by atoms with Crippen LogP contribution in [-0.2, 0) is 11.8 Å². The Bertz CT molecular complexity index is 956. The van der Waals surface area contributed by atoms with E-state index in [4.69, 9.17) is 16.0 Å². The summed E-state index contributed by atoms with van der Waals surface area (Å²) in [6, 6.07) is 5.63. The van der Waals surface area contributed by atoms with Gasteiger partial charge in [-0.3, -0.25) is 4.79 Å². The van der Waals surface area contributed by atoms with Crippen molar-refractivity contribution in [1.82, 2.24) is 14.8 Å². The van der Waals surface area contributed by atoms with Gasteiger partial charge in [0.15, 0.2) is 11.0 Å². The van der Waals surface area contributed by atoms with E-state index in [9.17, 15) is 9.18 Å². The number of nitrogens with one attached hydrogen (secondary N) is 1. The molecule has 0 aliphatic carbocycles. The van der Waals surface area contributed by atoms with Crippen molar-refractivity contribution in [2.45, 2.75) is 24.3 Å². The summed E-state index contributed by atoms with van der Waals surface area (Å²) in [7, 11) is 1.82. The molecule has 1 aromatic carbocycles. The number of rotatable bonds is 5. The predicted molar refractivity (Wildman–Crippen MR) is 98.8 cm³/mol. The molecule has 0 saturated heterocycles. The zero-order valence-corrected chi connectivity index (χ0v) is 15.9. The molecule has 6 nitrogen and oxygen atoms in total. The molecule has 26 heavy (non-hydrogen) atoms. The number of benzene rings is 1. The zero-order valence-electron chi connectivity index (χ0n) is 14.3. The van der Waals surface area contributed by atoms with E-state index < -0.39 is 11.1 Å². The van der Waals surface area contributed by atoms with Crippen LogP contribution in [0.5, 0.6) is 0 Å². The molecule has 0 aliphatic heterocycles. The molecule has 0 fully saturated rings. The maximum atomic E-state index is 13.1. The minimum Gasteiger partial charge on any atom is -0.469 e. The fourth-order valence-corrected chi connectivity index (χ4v) is 3.34. The molecule has 0 radical (unpaired) electrons. The summed E-state index contributed by atoms with van der Waals surface area (Å²) in [4.78, 5) is 12.4. The summed E-state index contributed by atoms with van der Waals surface area (Å²) in [6.45, 7) is 3.59. The lowest BCUT2D eigenvalue weighted by Crippen LogP contribution is -2.23. The van der Waals surface area contributed by atoms with Gasteiger partial charge in [-0.1, -0.05) is 23.4 Å². The second kappa shape index (κ2) is 7.51. The van der Waals surface area contributed by atoms with E-state index in [1.807, 2.05) is 20.0 Å². The lowest BCUT2D eigenvalue weighted by Gasteiger charge is -2.12. The van der Waals surface area contributed by atoms with Crippen LogP contribution < -0.4 is 5.32 Å². The molecule has 3 aromatic rings. The van der Waals surface area contributed by atoms with Crippen LogP contribution in [0.4, 0.5) is 10.1 Å². The predicted octanol–water partition coefficient (Wildman–Crippen LogP) is 4.30. The molecule has 2 aromatic heterocycles. The number of carbonyl (C=O) groups excluding carboxylic acids is 1. The molecule has 1 N–H and O–H groups in total. The Balaban J connectivity index is 1.72. The van der Waals surface area contributed by atoms with Crippen LogP contribution in [0.25, 0.3) is 11.4 Å². The molecule has 3 rings (SSSR count). The highest BCUT2D eigenvalue weighted by atomic mass is 35.5. The Morgan fingerprint density at radius 1 is 1.38 bits per heavy atom. The van der Waals surface area contributed by atoms with Crippen molar-refractivity contribution in [2.24, 2.45) is 7.05 Å². The summed E-state index contributed by atoms with van der Waals surface area (Å²) in [6.07, 6.45) is 1.59. The zero-order chi connectivity index (χ0) is 18.8. The highest BCUT2D eigenvalue weighted by molar-refractivity contribution is 8.00. The van der Waals surface area contributed by atoms with Crippen LogP contribution in [0, 0.1) is 12.7 Å². The third kappa shape index (κ3) is 3.76. The molecule has 0 unspecified atom stereocenters. The van der Waals surface area contributed by atoms with Gasteiger partial charge in [-0.15, -0.1) is 10.2 Å². The monoisotopic (exact) mass is 394 g/mol. The largest absolute Gasteiger partial charge is 0.469 e. The van der Waals surface area contributed by atoms with Crippen LogP contribution in [-0.4, -0.2) is 25.9 Å². The smallest absolute Gasteiger partial charge is 0.237 e. The maximum absolute atomic E-state index is 13.1. The molecule has 136 valence electrons. The lowest BCUT2D eigenvalue weighted by molar-refractivity contribution is -0.115. The van der Waals surface area contributed by atoms with Crippen LogP contribution in [0.3, 0.4) is 0 Å². The number of halogens is 2. The molecule has 0 aliphatic rings. The van der Waals surface area contributed by atoms with Gasteiger partial charge in [-0.05, 0) is 38.1 Å². The highest BCUT2D eigenvalue weighted by Gasteiger charge is 2.21. The van der Waals surface area contributed by atoms with Crippen molar-refractivity contribution < 1.29 is 13.6 Å². The number of anilines is 1. The number of amides is 1. The number of furan rings is 1. The van der Waals surface area contributed by atoms with Crippen molar-refractivity contribution >= 4 is 35.0 Å². The van der Waals surface area contributed by atoms with Gasteiger partial charge in [-0.2, -0.15) is 0 Å². The number of carbonyl (C=O) groups is 1. The average molecular weight is 395 g/mol. The number of nitrogens with zero attached hydrogens (tertiary/aromatic N) is 3. The topological polar surface area (TPSA) is 72.9 Å². The second-order valence-corrected chi connectivity index (χ2v) is 7.34. The quantitative estimate of drug-likeness (QED) is 0.653. The number of aryl methyl sites for hydroxylation is 1. The molecule has 1 amide bonds. The number of hydrogen-bond donors (Lipinski definition) is 1. The van der Waals surface area contributed by atoms with E-state index in [2.05, 4.69) is 15.5 Å². The number of aromatic nitrogens is 3. The van der Waals surface area contributed by atoms with Gasteiger partial charge in [-0.25, -0.2) is 4.39 Å². The third-order valence-corrected chi connectivity index (χ3v) is 5.22. The number of thioether (sulfide) groups is 1. The molecule has 0 spiro atoms. The Labute approximate surface area is 158 Å². The standard InChI is InChI=1S/C17H16ClFN4O2S/c1-9-12(6-7-25-9)15-21-22-17(23(15)3)26-10(2)16(24)20-14-5-4-11(19)8-13(14)18/h4-8,10H,1-3H3,(H,20,24)/t10-/m0/s1. The maximum Gasteiger partial charge on any atom is 0.237 e. The minimum absolute atomic E-state index is 0.145. The van der Waals surface area contributed by atoms with Crippen molar-refractivity contribution in [3.63, 3.8) is 0 Å². The van der Waals surface area contributed by atoms with Gasteiger partial charge in [0, 0.05) is 7.05 Å². The van der Waals surface area contributed by atoms with E-state index >= 15 is 0 Å². The summed E-state index contributed by atoms with van der Waals surface area (Å²) >= 11 is 7.20. The van der Waals surface area contributed by atoms with Gasteiger partial charge in [0.1, 0.15) is 11.6 Å². The Hall–Kier alpha value is -2.32. The normalized spacial score (nSPS) is 12.2. The minimum atomic E-state index is -0.462. The first-order valence-electron chi connectivity index (χ1n) is 7.73. The third-order valence-electron chi connectivity index (χ3n) is 3.78. The van der Waals surface area contributed by atoms with Crippen LogP contribution in [0.2, 0.25) is 5.02 Å².